The monoisotopic (exact) mass is 577 g/mol. The van der Waals surface area contributed by atoms with E-state index < -0.39 is 55.6 Å². The molecule has 10 heteroatoms. The van der Waals surface area contributed by atoms with Gasteiger partial charge in [0.1, 0.15) is 30.5 Å². The number of unbranched alkanes of at least 4 members (excludes halogenated alkanes) is 13. The number of hydrogen-bond donors (Lipinski definition) is 7. The Balaban J connectivity index is 2.49. The lowest BCUT2D eigenvalue weighted by Crippen LogP contribution is -2.60. The molecule has 0 aromatic carbocycles. The van der Waals surface area contributed by atoms with E-state index in [2.05, 4.69) is 12.2 Å². The van der Waals surface area contributed by atoms with Crippen molar-refractivity contribution in [2.24, 2.45) is 0 Å². The molecule has 1 rings (SSSR count). The van der Waals surface area contributed by atoms with Crippen LogP contribution >= 0.6 is 0 Å². The van der Waals surface area contributed by atoms with Crippen LogP contribution in [0, 0.1) is 0 Å². The highest BCUT2D eigenvalue weighted by atomic mass is 16.7. The van der Waals surface area contributed by atoms with E-state index in [9.17, 15) is 35.4 Å². The summed E-state index contributed by atoms with van der Waals surface area (Å²) in [6, 6.07) is -0.978. The number of aliphatic hydroxyl groups is 6. The summed E-state index contributed by atoms with van der Waals surface area (Å²) < 4.78 is 10.9. The van der Waals surface area contributed by atoms with Gasteiger partial charge in [0.25, 0.3) is 0 Å². The highest BCUT2D eigenvalue weighted by Gasteiger charge is 2.44. The Hall–Kier alpha value is -0.850. The van der Waals surface area contributed by atoms with Crippen LogP contribution in [0.4, 0.5) is 0 Å². The lowest BCUT2D eigenvalue weighted by atomic mass is 9.98. The second kappa shape index (κ2) is 22.7. The van der Waals surface area contributed by atoms with Crippen molar-refractivity contribution in [2.75, 3.05) is 13.2 Å². The molecule has 238 valence electrons. The molecule has 1 heterocycles. The molecular formula is C30H59NO9. The summed E-state index contributed by atoms with van der Waals surface area (Å²) in [5.41, 5.74) is 0. The topological polar surface area (TPSA) is 169 Å². The lowest BCUT2D eigenvalue weighted by molar-refractivity contribution is -0.303. The van der Waals surface area contributed by atoms with Crippen LogP contribution in [0.2, 0.25) is 0 Å². The summed E-state index contributed by atoms with van der Waals surface area (Å²) in [5, 5.41) is 63.9. The van der Waals surface area contributed by atoms with Crippen molar-refractivity contribution in [3.8, 4) is 0 Å². The number of amides is 1. The molecule has 1 fully saturated rings. The van der Waals surface area contributed by atoms with Crippen LogP contribution in [-0.2, 0) is 14.3 Å². The van der Waals surface area contributed by atoms with Gasteiger partial charge >= 0.3 is 0 Å². The third kappa shape index (κ3) is 14.9. The second-order valence-electron chi connectivity index (χ2n) is 11.4. The minimum Gasteiger partial charge on any atom is -0.394 e. The van der Waals surface area contributed by atoms with Crippen molar-refractivity contribution >= 4 is 5.91 Å². The Morgan fingerprint density at radius 3 is 1.85 bits per heavy atom. The Bertz CT molecular complexity index is 624. The first kappa shape index (κ1) is 37.2. The predicted molar refractivity (Wildman–Crippen MR) is 154 cm³/mol. The number of carbonyl (C=O) groups is 1. The summed E-state index contributed by atoms with van der Waals surface area (Å²) in [6.07, 6.45) is 7.89. The Morgan fingerprint density at radius 1 is 0.775 bits per heavy atom. The zero-order chi connectivity index (χ0) is 29.8. The Labute approximate surface area is 241 Å². The summed E-state index contributed by atoms with van der Waals surface area (Å²) in [7, 11) is 0. The third-order valence-electron chi connectivity index (χ3n) is 7.80. The zero-order valence-electron chi connectivity index (χ0n) is 25.0. The number of aliphatic hydroxyl groups excluding tert-OH is 6. The van der Waals surface area contributed by atoms with E-state index in [1.807, 2.05) is 6.92 Å². The predicted octanol–water partition coefficient (Wildman–Crippen LogP) is 2.68. The molecule has 0 bridgehead atoms. The van der Waals surface area contributed by atoms with Gasteiger partial charge in [-0.05, 0) is 12.8 Å². The van der Waals surface area contributed by atoms with Crippen molar-refractivity contribution in [2.45, 2.75) is 172 Å². The van der Waals surface area contributed by atoms with Gasteiger partial charge in [0.15, 0.2) is 6.29 Å². The van der Waals surface area contributed by atoms with Crippen molar-refractivity contribution in [1.29, 1.82) is 0 Å². The van der Waals surface area contributed by atoms with Gasteiger partial charge in [-0.3, -0.25) is 4.79 Å². The summed E-state index contributed by atoms with van der Waals surface area (Å²) in [5.74, 6) is -0.285. The van der Waals surface area contributed by atoms with E-state index in [1.54, 1.807) is 0 Å². The van der Waals surface area contributed by atoms with Gasteiger partial charge in [0.2, 0.25) is 5.91 Å². The fraction of sp³-hybridized carbons (Fsp3) is 0.967. The molecule has 10 nitrogen and oxygen atoms in total. The molecule has 1 aliphatic rings. The summed E-state index contributed by atoms with van der Waals surface area (Å²) in [6.45, 7) is 3.36. The first-order valence-electron chi connectivity index (χ1n) is 15.8. The quantitative estimate of drug-likeness (QED) is 0.0853. The van der Waals surface area contributed by atoms with Crippen molar-refractivity contribution in [3.63, 3.8) is 0 Å². The van der Waals surface area contributed by atoms with Crippen molar-refractivity contribution in [1.82, 2.24) is 5.32 Å². The normalized spacial score (nSPS) is 25.4. The van der Waals surface area contributed by atoms with Crippen LogP contribution in [0.25, 0.3) is 0 Å². The maximum Gasteiger partial charge on any atom is 0.220 e. The van der Waals surface area contributed by atoms with Crippen LogP contribution in [0.3, 0.4) is 0 Å². The molecule has 0 radical (unpaired) electrons. The first-order valence-corrected chi connectivity index (χ1v) is 15.8. The van der Waals surface area contributed by atoms with E-state index in [4.69, 9.17) is 9.47 Å². The van der Waals surface area contributed by atoms with Gasteiger partial charge in [-0.25, -0.2) is 0 Å². The number of hydrogen-bond acceptors (Lipinski definition) is 9. The van der Waals surface area contributed by atoms with E-state index in [0.717, 1.165) is 38.5 Å². The summed E-state index contributed by atoms with van der Waals surface area (Å²) in [4.78, 5) is 12.5. The fourth-order valence-electron chi connectivity index (χ4n) is 5.08. The van der Waals surface area contributed by atoms with E-state index in [1.165, 1.54) is 51.4 Å². The number of nitrogens with one attached hydrogen (secondary N) is 1. The third-order valence-corrected chi connectivity index (χ3v) is 7.80. The Morgan fingerprint density at radius 2 is 1.30 bits per heavy atom. The molecule has 0 spiro atoms. The minimum atomic E-state index is -1.60. The maximum atomic E-state index is 12.5. The van der Waals surface area contributed by atoms with E-state index >= 15 is 0 Å². The SMILES string of the molecule is CCCCCCCCCCCCCC[C@@H](O)[C@@H](O)[C@H](CO[C@H]1O[C@H](CO)[C@H](O)[C@H](O)[C@H]1O)NC(=O)CCCCC. The number of carbonyl (C=O) groups excluding carboxylic acids is 1. The van der Waals surface area contributed by atoms with Crippen LogP contribution in [0.1, 0.15) is 123 Å². The number of rotatable bonds is 24. The molecule has 8 atom stereocenters. The van der Waals surface area contributed by atoms with E-state index in [0.29, 0.717) is 12.8 Å². The van der Waals surface area contributed by atoms with Gasteiger partial charge < -0.3 is 45.4 Å². The smallest absolute Gasteiger partial charge is 0.220 e. The summed E-state index contributed by atoms with van der Waals surface area (Å²) >= 11 is 0. The molecule has 7 N–H and O–H groups in total. The highest BCUT2D eigenvalue weighted by Crippen LogP contribution is 2.23. The molecule has 1 saturated heterocycles. The van der Waals surface area contributed by atoms with Crippen molar-refractivity contribution in [3.05, 3.63) is 0 Å². The van der Waals surface area contributed by atoms with Crippen LogP contribution in [0.5, 0.6) is 0 Å². The molecule has 40 heavy (non-hydrogen) atoms. The Kier molecular flexibility index (Phi) is 21.1. The lowest BCUT2D eigenvalue weighted by Gasteiger charge is -2.40. The van der Waals surface area contributed by atoms with Gasteiger partial charge in [0.05, 0.1) is 25.4 Å². The van der Waals surface area contributed by atoms with Gasteiger partial charge in [-0.1, -0.05) is 104 Å². The van der Waals surface area contributed by atoms with Crippen LogP contribution < -0.4 is 5.32 Å². The molecule has 1 aliphatic heterocycles. The van der Waals surface area contributed by atoms with Gasteiger partial charge in [-0.2, -0.15) is 0 Å². The molecule has 1 amide bonds. The average molecular weight is 578 g/mol. The highest BCUT2D eigenvalue weighted by molar-refractivity contribution is 5.76. The molecular weight excluding hydrogens is 518 g/mol. The maximum absolute atomic E-state index is 12.5. The largest absolute Gasteiger partial charge is 0.394 e. The van der Waals surface area contributed by atoms with E-state index in [-0.39, 0.29) is 18.9 Å². The fourth-order valence-corrected chi connectivity index (χ4v) is 5.08. The molecule has 0 unspecified atom stereocenters. The molecule has 0 aliphatic carbocycles. The molecule has 0 saturated carbocycles. The average Bonchev–Trinajstić information content (AvgIpc) is 2.95. The van der Waals surface area contributed by atoms with Crippen LogP contribution in [-0.4, -0.2) is 98.7 Å². The second-order valence-corrected chi connectivity index (χ2v) is 11.4. The minimum absolute atomic E-state index is 0.270. The standard InChI is InChI=1S/C30H59NO9/c1-3-5-7-8-9-10-11-12-13-14-15-17-18-23(33)26(35)22(31-25(34)19-16-6-4-2)21-39-30-29(38)28(37)27(36)24(20-32)40-30/h22-24,26-30,32-33,35-38H,3-21H2,1-2H3,(H,31,34)/t22-,23+,24+,26-,27-,28-,29+,30-/m0/s1. The number of ether oxygens (including phenoxy) is 2. The first-order chi connectivity index (χ1) is 19.3. The van der Waals surface area contributed by atoms with Crippen molar-refractivity contribution < 1.29 is 44.9 Å². The van der Waals surface area contributed by atoms with Crippen LogP contribution in [0.15, 0.2) is 0 Å². The van der Waals surface area contributed by atoms with Gasteiger partial charge in [0, 0.05) is 6.42 Å². The molecule has 0 aromatic heterocycles. The zero-order valence-corrected chi connectivity index (χ0v) is 25.0. The molecule has 0 aromatic rings. The van der Waals surface area contributed by atoms with Gasteiger partial charge in [-0.15, -0.1) is 0 Å².